The molecule has 0 aliphatic carbocycles. The molecule has 2 unspecified atom stereocenters. The summed E-state index contributed by atoms with van der Waals surface area (Å²) in [7, 11) is 0.299. The number of carbonyl (C=O) groups is 2. The minimum absolute atomic E-state index is 0.00203. The Kier molecular flexibility index (Phi) is 11.0. The highest BCUT2D eigenvalue weighted by Crippen LogP contribution is 2.53. The Hall–Kier alpha value is -4.37. The van der Waals surface area contributed by atoms with Crippen molar-refractivity contribution in [1.82, 2.24) is 19.7 Å². The number of hydrogen-bond acceptors (Lipinski definition) is 11. The van der Waals surface area contributed by atoms with Crippen LogP contribution in [0.2, 0.25) is 5.02 Å². The SMILES string of the molecule is C=CC(c1ccc(OC)cc1OC)S(=O)(=O)N1C(=O)C(OC(=O)N2CCC(N3CCN(C)CC3)CC2)(c2cccnc2OCC)c2cc(Cl)ccc21. The number of amides is 2. The number of benzene rings is 2. The van der Waals surface area contributed by atoms with E-state index in [1.807, 2.05) is 0 Å². The second-order valence-corrected chi connectivity index (χ2v) is 15.3. The molecule has 2 saturated heterocycles. The number of hydrogen-bond donors (Lipinski definition) is 0. The number of likely N-dealkylation sites (N-methyl/N-ethyl adjacent to an activating group) is 1. The predicted octanol–water partition coefficient (Wildman–Crippen LogP) is 4.85. The van der Waals surface area contributed by atoms with E-state index in [4.69, 9.17) is 30.5 Å². The van der Waals surface area contributed by atoms with Gasteiger partial charge in [0.05, 0.1) is 32.1 Å². The zero-order valence-corrected chi connectivity index (χ0v) is 31.4. The molecule has 3 aliphatic heterocycles. The Balaban J connectivity index is 1.43. The number of piperidine rings is 1. The number of anilines is 1. The van der Waals surface area contributed by atoms with Gasteiger partial charge in [-0.3, -0.25) is 9.69 Å². The first-order valence-electron chi connectivity index (χ1n) is 17.2. The van der Waals surface area contributed by atoms with Crippen LogP contribution in [-0.4, -0.2) is 113 Å². The number of methoxy groups -OCH3 is 2. The van der Waals surface area contributed by atoms with Gasteiger partial charge in [0.2, 0.25) is 5.88 Å². The minimum Gasteiger partial charge on any atom is -0.497 e. The molecule has 0 spiro atoms. The zero-order valence-electron chi connectivity index (χ0n) is 29.8. The summed E-state index contributed by atoms with van der Waals surface area (Å²) in [4.78, 5) is 40.2. The van der Waals surface area contributed by atoms with Gasteiger partial charge < -0.3 is 28.7 Å². The van der Waals surface area contributed by atoms with Crippen molar-refractivity contribution in [2.24, 2.45) is 0 Å². The summed E-state index contributed by atoms with van der Waals surface area (Å²) in [5, 5.41) is -1.28. The van der Waals surface area contributed by atoms with E-state index in [1.54, 1.807) is 36.1 Å². The number of halogens is 1. The summed E-state index contributed by atoms with van der Waals surface area (Å²) in [6.07, 6.45) is 3.37. The first-order chi connectivity index (χ1) is 25.0. The molecular formula is C37H44ClN5O8S. The van der Waals surface area contributed by atoms with Crippen molar-refractivity contribution < 1.29 is 37.0 Å². The number of aromatic nitrogens is 1. The van der Waals surface area contributed by atoms with Gasteiger partial charge in [-0.15, -0.1) is 6.58 Å². The molecule has 0 radical (unpaired) electrons. The van der Waals surface area contributed by atoms with Crippen molar-refractivity contribution in [3.63, 3.8) is 0 Å². The van der Waals surface area contributed by atoms with Crippen LogP contribution in [0.25, 0.3) is 0 Å². The quantitative estimate of drug-likeness (QED) is 0.249. The van der Waals surface area contributed by atoms with Crippen LogP contribution in [-0.2, 0) is 25.2 Å². The Morgan fingerprint density at radius 3 is 2.42 bits per heavy atom. The van der Waals surface area contributed by atoms with Crippen molar-refractivity contribution in [2.45, 2.75) is 36.7 Å². The molecule has 0 N–H and O–H groups in total. The van der Waals surface area contributed by atoms with Gasteiger partial charge in [0.15, 0.2) is 0 Å². The molecule has 278 valence electrons. The van der Waals surface area contributed by atoms with E-state index >= 15 is 4.79 Å². The first kappa shape index (κ1) is 37.4. The smallest absolute Gasteiger partial charge is 0.411 e. The van der Waals surface area contributed by atoms with Crippen LogP contribution in [0.5, 0.6) is 17.4 Å². The maximum Gasteiger partial charge on any atom is 0.411 e. The third-order valence-corrected chi connectivity index (χ3v) is 12.2. The second-order valence-electron chi connectivity index (χ2n) is 12.9. The molecule has 6 rings (SSSR count). The lowest BCUT2D eigenvalue weighted by Gasteiger charge is -2.42. The van der Waals surface area contributed by atoms with Crippen LogP contribution in [0.3, 0.4) is 0 Å². The normalized spacial score (nSPS) is 20.7. The lowest BCUT2D eigenvalue weighted by Crippen LogP contribution is -2.54. The number of fused-ring (bicyclic) bond motifs is 1. The molecule has 4 heterocycles. The fourth-order valence-electron chi connectivity index (χ4n) is 7.28. The predicted molar refractivity (Wildman–Crippen MR) is 197 cm³/mol. The molecule has 2 amide bonds. The maximum absolute atomic E-state index is 15.2. The molecule has 2 atom stereocenters. The average Bonchev–Trinajstić information content (AvgIpc) is 3.39. The lowest BCUT2D eigenvalue weighted by atomic mass is 9.87. The van der Waals surface area contributed by atoms with E-state index in [0.717, 1.165) is 39.0 Å². The summed E-state index contributed by atoms with van der Waals surface area (Å²) in [5.74, 6) is -0.406. The van der Waals surface area contributed by atoms with Crippen LogP contribution in [0.15, 0.2) is 67.4 Å². The maximum atomic E-state index is 15.2. The highest BCUT2D eigenvalue weighted by atomic mass is 35.5. The zero-order chi connectivity index (χ0) is 37.2. The van der Waals surface area contributed by atoms with Crippen LogP contribution in [0, 0.1) is 0 Å². The van der Waals surface area contributed by atoms with Crippen LogP contribution < -0.4 is 18.5 Å². The van der Waals surface area contributed by atoms with Gasteiger partial charge in [-0.25, -0.2) is 22.5 Å². The summed E-state index contributed by atoms with van der Waals surface area (Å²) in [6, 6.07) is 12.4. The molecule has 15 heteroatoms. The van der Waals surface area contributed by atoms with Crippen molar-refractivity contribution >= 4 is 39.3 Å². The van der Waals surface area contributed by atoms with Gasteiger partial charge in [-0.1, -0.05) is 17.7 Å². The number of pyridine rings is 1. The Morgan fingerprint density at radius 2 is 1.77 bits per heavy atom. The summed E-state index contributed by atoms with van der Waals surface area (Å²) in [5.41, 5.74) is -2.06. The van der Waals surface area contributed by atoms with Crippen LogP contribution in [0.4, 0.5) is 10.5 Å². The standard InChI is InChI=1S/C37H44ClN5O8S/c1-6-33(28-12-11-27(48-4)24-32(28)49-5)52(46,47)43-31-13-10-25(38)23-30(31)37(35(43)44,29-9-8-16-39-34(29)50-7-2)51-36(45)42-17-14-26(15-18-42)41-21-19-40(3)20-22-41/h6,8-13,16,23-24,26,33H,1,7,14-15,17-22H2,2-5H3. The van der Waals surface area contributed by atoms with Gasteiger partial charge in [0.1, 0.15) is 16.7 Å². The number of ether oxygens (including phenoxy) is 4. The molecule has 0 bridgehead atoms. The summed E-state index contributed by atoms with van der Waals surface area (Å²) < 4.78 is 53.5. The van der Waals surface area contributed by atoms with Crippen LogP contribution >= 0.6 is 11.6 Å². The van der Waals surface area contributed by atoms with Crippen molar-refractivity contribution in [3.8, 4) is 17.4 Å². The highest BCUT2D eigenvalue weighted by Gasteiger charge is 2.62. The van der Waals surface area contributed by atoms with Crippen molar-refractivity contribution in [2.75, 3.05) is 71.4 Å². The van der Waals surface area contributed by atoms with Gasteiger partial charge >= 0.3 is 6.09 Å². The van der Waals surface area contributed by atoms with Gasteiger partial charge in [0, 0.05) is 73.7 Å². The van der Waals surface area contributed by atoms with Crippen LogP contribution in [0.1, 0.15) is 41.7 Å². The fraction of sp³-hybridized carbons (Fsp3) is 0.432. The van der Waals surface area contributed by atoms with E-state index in [1.165, 1.54) is 50.8 Å². The van der Waals surface area contributed by atoms with E-state index < -0.39 is 32.9 Å². The van der Waals surface area contributed by atoms with E-state index in [-0.39, 0.29) is 45.6 Å². The molecule has 52 heavy (non-hydrogen) atoms. The summed E-state index contributed by atoms with van der Waals surface area (Å²) >= 11 is 6.56. The number of sulfonamides is 1. The molecule has 1 aromatic heterocycles. The number of rotatable bonds is 11. The largest absolute Gasteiger partial charge is 0.497 e. The van der Waals surface area contributed by atoms with Gasteiger partial charge in [-0.05, 0) is 69.3 Å². The molecular weight excluding hydrogens is 710 g/mol. The average molecular weight is 754 g/mol. The molecule has 2 fully saturated rings. The first-order valence-corrected chi connectivity index (χ1v) is 19.1. The minimum atomic E-state index is -4.69. The Morgan fingerprint density at radius 1 is 1.04 bits per heavy atom. The summed E-state index contributed by atoms with van der Waals surface area (Å²) in [6.45, 7) is 10.4. The number of piperazine rings is 1. The van der Waals surface area contributed by atoms with Crippen molar-refractivity contribution in [1.29, 1.82) is 0 Å². The van der Waals surface area contributed by atoms with Gasteiger partial charge in [-0.2, -0.15) is 0 Å². The van der Waals surface area contributed by atoms with E-state index in [2.05, 4.69) is 28.4 Å². The molecule has 0 saturated carbocycles. The molecule has 13 nitrogen and oxygen atoms in total. The number of likely N-dealkylation sites (tertiary alicyclic amines) is 1. The third-order valence-electron chi connectivity index (χ3n) is 10.0. The Bertz CT molecular complexity index is 1930. The third kappa shape index (κ3) is 6.68. The Labute approximate surface area is 309 Å². The monoisotopic (exact) mass is 753 g/mol. The highest BCUT2D eigenvalue weighted by molar-refractivity contribution is 7.94. The van der Waals surface area contributed by atoms with Gasteiger partial charge in [0.25, 0.3) is 21.5 Å². The van der Waals surface area contributed by atoms with Crippen molar-refractivity contribution in [3.05, 3.63) is 89.1 Å². The van der Waals surface area contributed by atoms with E-state index in [9.17, 15) is 13.2 Å². The lowest BCUT2D eigenvalue weighted by molar-refractivity contribution is -0.132. The molecule has 2 aromatic carbocycles. The number of nitrogens with zero attached hydrogens (tertiary/aromatic N) is 5. The number of carbonyl (C=O) groups excluding carboxylic acids is 2. The fourth-order valence-corrected chi connectivity index (χ4v) is 9.24. The second kappa shape index (κ2) is 15.3. The topological polar surface area (TPSA) is 131 Å². The van der Waals surface area contributed by atoms with E-state index in [0.29, 0.717) is 29.2 Å². The molecule has 3 aliphatic rings. The molecule has 3 aromatic rings.